The molecule has 1 unspecified atom stereocenters. The maximum Gasteiger partial charge on any atom is 0.323 e. The average molecular weight is 522 g/mol. The Morgan fingerprint density at radius 2 is 1.43 bits per heavy atom. The molecular weight excluding hydrogens is 478 g/mol. The fourth-order valence-electron chi connectivity index (χ4n) is 2.70. The van der Waals surface area contributed by atoms with Crippen molar-refractivity contribution in [1.82, 2.24) is 0 Å². The fraction of sp³-hybridized carbons (Fsp3) is 0.643. The van der Waals surface area contributed by atoms with E-state index in [4.69, 9.17) is 24.7 Å². The molecule has 208 valence electrons. The summed E-state index contributed by atoms with van der Waals surface area (Å²) in [4.78, 5) is 49.3. The van der Waals surface area contributed by atoms with E-state index in [2.05, 4.69) is 0 Å². The Kier molecular flexibility index (Phi) is 11.8. The zero-order valence-electron chi connectivity index (χ0n) is 23.6. The molecule has 2 N–H and O–H groups in total. The van der Waals surface area contributed by atoms with Gasteiger partial charge in [0.2, 0.25) is 0 Å². The number of ether oxygens (including phenoxy) is 4. The van der Waals surface area contributed by atoms with Crippen LogP contribution in [0.15, 0.2) is 18.2 Å². The van der Waals surface area contributed by atoms with Gasteiger partial charge in [0.05, 0.1) is 10.8 Å². The second kappa shape index (κ2) is 13.6. The zero-order valence-corrected chi connectivity index (χ0v) is 23.6. The van der Waals surface area contributed by atoms with Crippen molar-refractivity contribution in [2.75, 3.05) is 6.61 Å². The first kappa shape index (κ1) is 32.1. The van der Waals surface area contributed by atoms with Crippen molar-refractivity contribution in [1.29, 1.82) is 0 Å². The van der Waals surface area contributed by atoms with Gasteiger partial charge in [0.25, 0.3) is 0 Å². The number of nitrogens with two attached hydrogens (primary N) is 1. The summed E-state index contributed by atoms with van der Waals surface area (Å²) in [5.41, 5.74) is 5.07. The molecule has 0 saturated heterocycles. The quantitative estimate of drug-likeness (QED) is 0.333. The number of hydrogen-bond acceptors (Lipinski definition) is 9. The number of esters is 4. The minimum absolute atomic E-state index is 0.0529. The van der Waals surface area contributed by atoms with E-state index in [9.17, 15) is 19.2 Å². The van der Waals surface area contributed by atoms with Crippen LogP contribution in [0.4, 0.5) is 0 Å². The molecule has 3 atom stereocenters. The van der Waals surface area contributed by atoms with Crippen molar-refractivity contribution in [3.05, 3.63) is 23.8 Å². The highest BCUT2D eigenvalue weighted by atomic mass is 16.6. The molecule has 0 aliphatic heterocycles. The van der Waals surface area contributed by atoms with Crippen molar-refractivity contribution in [3.8, 4) is 11.5 Å². The van der Waals surface area contributed by atoms with E-state index >= 15 is 0 Å². The maximum atomic E-state index is 12.5. The Labute approximate surface area is 220 Å². The molecule has 0 aromatic heterocycles. The van der Waals surface area contributed by atoms with Gasteiger partial charge in [-0.3, -0.25) is 19.2 Å². The van der Waals surface area contributed by atoms with E-state index in [1.165, 1.54) is 12.1 Å². The summed E-state index contributed by atoms with van der Waals surface area (Å²) in [6.45, 7) is 15.7. The smallest absolute Gasteiger partial charge is 0.323 e. The zero-order chi connectivity index (χ0) is 28.6. The van der Waals surface area contributed by atoms with E-state index in [1.54, 1.807) is 54.5 Å². The van der Waals surface area contributed by atoms with Crippen molar-refractivity contribution in [2.24, 2.45) is 22.5 Å². The Bertz CT molecular complexity index is 958. The molecule has 0 saturated carbocycles. The van der Waals surface area contributed by atoms with Crippen LogP contribution in [-0.2, 0) is 35.1 Å². The number of carbonyl (C=O) groups is 4. The molecule has 0 heterocycles. The van der Waals surface area contributed by atoms with Crippen LogP contribution in [-0.4, -0.2) is 42.6 Å². The molecule has 0 radical (unpaired) electrons. The Morgan fingerprint density at radius 1 is 0.892 bits per heavy atom. The highest BCUT2D eigenvalue weighted by Gasteiger charge is 2.29. The Hall–Kier alpha value is -2.94. The molecule has 9 heteroatoms. The lowest BCUT2D eigenvalue weighted by atomic mass is 9.97. The third kappa shape index (κ3) is 11.3. The molecule has 0 amide bonds. The molecule has 0 aliphatic carbocycles. The summed E-state index contributed by atoms with van der Waals surface area (Å²) < 4.78 is 21.5. The molecule has 37 heavy (non-hydrogen) atoms. The SMILES string of the molecule is CCC(C)CC(=O)OC[C@H](C)OC(=O)[C@@H](N)Cc1ccc(OC(=O)C(C)(C)C)c(OC(=O)C(C)(C)C)c1. The molecule has 0 bridgehead atoms. The van der Waals surface area contributed by atoms with E-state index < -0.39 is 40.9 Å². The molecule has 1 aromatic rings. The Balaban J connectivity index is 2.90. The second-order valence-corrected chi connectivity index (χ2v) is 11.5. The first-order chi connectivity index (χ1) is 16.9. The first-order valence-corrected chi connectivity index (χ1v) is 12.6. The third-order valence-electron chi connectivity index (χ3n) is 5.40. The minimum atomic E-state index is -1.02. The third-order valence-corrected chi connectivity index (χ3v) is 5.40. The molecule has 0 aliphatic rings. The van der Waals surface area contributed by atoms with Crippen molar-refractivity contribution in [3.63, 3.8) is 0 Å². The average Bonchev–Trinajstić information content (AvgIpc) is 2.77. The largest absolute Gasteiger partial charge is 0.462 e. The fourth-order valence-corrected chi connectivity index (χ4v) is 2.70. The van der Waals surface area contributed by atoms with E-state index in [1.807, 2.05) is 13.8 Å². The van der Waals surface area contributed by atoms with E-state index in [-0.39, 0.29) is 36.4 Å². The van der Waals surface area contributed by atoms with Crippen LogP contribution in [0.2, 0.25) is 0 Å². The van der Waals surface area contributed by atoms with Gasteiger partial charge in [0.1, 0.15) is 18.8 Å². The van der Waals surface area contributed by atoms with Gasteiger partial charge >= 0.3 is 23.9 Å². The van der Waals surface area contributed by atoms with Gasteiger partial charge < -0.3 is 24.7 Å². The number of carbonyl (C=O) groups excluding carboxylic acids is 4. The van der Waals surface area contributed by atoms with E-state index in [0.717, 1.165) is 6.42 Å². The van der Waals surface area contributed by atoms with Gasteiger partial charge in [-0.05, 0) is 78.5 Å². The maximum absolute atomic E-state index is 12.5. The molecule has 0 spiro atoms. The first-order valence-electron chi connectivity index (χ1n) is 12.6. The second-order valence-electron chi connectivity index (χ2n) is 11.5. The van der Waals surface area contributed by atoms with Crippen LogP contribution < -0.4 is 15.2 Å². The summed E-state index contributed by atoms with van der Waals surface area (Å²) >= 11 is 0. The van der Waals surface area contributed by atoms with Crippen molar-refractivity contribution >= 4 is 23.9 Å². The Morgan fingerprint density at radius 3 is 1.95 bits per heavy atom. The number of hydrogen-bond donors (Lipinski definition) is 1. The van der Waals surface area contributed by atoms with Gasteiger partial charge in [-0.1, -0.05) is 26.3 Å². The van der Waals surface area contributed by atoms with Gasteiger partial charge in [-0.2, -0.15) is 0 Å². The topological polar surface area (TPSA) is 131 Å². The lowest BCUT2D eigenvalue weighted by Gasteiger charge is -2.21. The van der Waals surface area contributed by atoms with Crippen LogP contribution in [0.3, 0.4) is 0 Å². The normalized spacial score (nSPS) is 14.2. The van der Waals surface area contributed by atoms with Gasteiger partial charge in [0.15, 0.2) is 11.5 Å². The monoisotopic (exact) mass is 521 g/mol. The predicted molar refractivity (Wildman–Crippen MR) is 139 cm³/mol. The molecule has 1 rings (SSSR count). The summed E-state index contributed by atoms with van der Waals surface area (Å²) in [6.07, 6.45) is 0.584. The molecular formula is C28H43NO8. The standard InChI is InChI=1S/C28H43NO8/c1-10-17(2)13-23(30)34-16-18(3)35-24(31)20(29)14-19-11-12-21(36-25(32)27(4,5)6)22(15-19)37-26(33)28(7,8)9/h11-12,15,17-18,20H,10,13-14,16,29H2,1-9H3/t17?,18-,20-/m0/s1. The lowest BCUT2D eigenvalue weighted by Crippen LogP contribution is -2.37. The van der Waals surface area contributed by atoms with Crippen LogP contribution in [0.25, 0.3) is 0 Å². The molecule has 9 nitrogen and oxygen atoms in total. The van der Waals surface area contributed by atoms with Crippen LogP contribution in [0, 0.1) is 16.7 Å². The number of benzene rings is 1. The summed E-state index contributed by atoms with van der Waals surface area (Å²) in [7, 11) is 0. The lowest BCUT2D eigenvalue weighted by molar-refractivity contribution is -0.159. The van der Waals surface area contributed by atoms with Crippen LogP contribution in [0.5, 0.6) is 11.5 Å². The number of rotatable bonds is 11. The van der Waals surface area contributed by atoms with Gasteiger partial charge in [-0.15, -0.1) is 0 Å². The summed E-state index contributed by atoms with van der Waals surface area (Å²) in [5.74, 6) is -1.66. The van der Waals surface area contributed by atoms with Crippen LogP contribution in [0.1, 0.15) is 80.7 Å². The minimum Gasteiger partial charge on any atom is -0.462 e. The summed E-state index contributed by atoms with van der Waals surface area (Å²) in [6, 6.07) is 3.63. The van der Waals surface area contributed by atoms with Gasteiger partial charge in [0, 0.05) is 6.42 Å². The van der Waals surface area contributed by atoms with Crippen molar-refractivity contribution in [2.45, 2.75) is 93.7 Å². The predicted octanol–water partition coefficient (Wildman–Crippen LogP) is 4.37. The van der Waals surface area contributed by atoms with Crippen LogP contribution >= 0.6 is 0 Å². The molecule has 0 fully saturated rings. The van der Waals surface area contributed by atoms with E-state index in [0.29, 0.717) is 12.0 Å². The van der Waals surface area contributed by atoms with Crippen molar-refractivity contribution < 1.29 is 38.1 Å². The van der Waals surface area contributed by atoms with Gasteiger partial charge in [-0.25, -0.2) is 0 Å². The molecule has 1 aromatic carbocycles. The summed E-state index contributed by atoms with van der Waals surface area (Å²) in [5, 5.41) is 0. The highest BCUT2D eigenvalue weighted by Crippen LogP contribution is 2.33. The highest BCUT2D eigenvalue weighted by molar-refractivity contribution is 5.81.